The maximum atomic E-state index is 12.1. The number of carbonyl (C=O) groups is 3. The van der Waals surface area contributed by atoms with Gasteiger partial charge in [0.1, 0.15) is 6.54 Å². The van der Waals surface area contributed by atoms with Gasteiger partial charge in [0.25, 0.3) is 0 Å². The van der Waals surface area contributed by atoms with E-state index in [-0.39, 0.29) is 23.4 Å². The highest BCUT2D eigenvalue weighted by molar-refractivity contribution is 8.01. The van der Waals surface area contributed by atoms with Crippen molar-refractivity contribution in [3.63, 3.8) is 0 Å². The number of ether oxygens (including phenoxy) is 2. The molecular formula is C15H25N3O5S. The van der Waals surface area contributed by atoms with Crippen LogP contribution in [0.3, 0.4) is 0 Å². The number of thioether (sulfide) groups is 1. The summed E-state index contributed by atoms with van der Waals surface area (Å²) in [5.41, 5.74) is 0. The molecule has 2 fully saturated rings. The quantitative estimate of drug-likeness (QED) is 0.685. The van der Waals surface area contributed by atoms with Crippen molar-refractivity contribution in [2.75, 3.05) is 52.3 Å². The number of piperidine rings is 1. The zero-order valence-corrected chi connectivity index (χ0v) is 15.0. The van der Waals surface area contributed by atoms with Gasteiger partial charge >= 0.3 is 12.0 Å². The van der Waals surface area contributed by atoms with E-state index in [2.05, 4.69) is 5.32 Å². The van der Waals surface area contributed by atoms with Crippen molar-refractivity contribution >= 4 is 29.7 Å². The molecule has 1 spiro atoms. The third-order valence-corrected chi connectivity index (χ3v) is 5.85. The summed E-state index contributed by atoms with van der Waals surface area (Å²) in [7, 11) is 1.62. The number of rotatable bonds is 6. The Kier molecular flexibility index (Phi) is 6.73. The Hall–Kier alpha value is -1.48. The van der Waals surface area contributed by atoms with E-state index in [1.807, 2.05) is 4.90 Å². The highest BCUT2D eigenvalue weighted by atomic mass is 32.2. The van der Waals surface area contributed by atoms with E-state index in [1.54, 1.807) is 30.7 Å². The standard InChI is InChI=1S/C15H25N3O5S/c1-3-23-13(20)10-16-14(21)17-6-4-15(5-7-17)18(8-9-22-2)12(19)11-24-15/h3-11H2,1-2H3,(H,16,21). The molecule has 24 heavy (non-hydrogen) atoms. The van der Waals surface area contributed by atoms with Crippen LogP contribution in [-0.4, -0.2) is 84.8 Å². The molecule has 3 amide bonds. The molecule has 0 atom stereocenters. The molecule has 0 aliphatic carbocycles. The highest BCUT2D eigenvalue weighted by Gasteiger charge is 2.48. The van der Waals surface area contributed by atoms with Crippen LogP contribution in [0, 0.1) is 0 Å². The van der Waals surface area contributed by atoms with Gasteiger partial charge in [-0.1, -0.05) is 0 Å². The smallest absolute Gasteiger partial charge is 0.325 e. The highest BCUT2D eigenvalue weighted by Crippen LogP contribution is 2.44. The number of carbonyl (C=O) groups excluding carboxylic acids is 3. The molecule has 0 radical (unpaired) electrons. The van der Waals surface area contributed by atoms with Gasteiger partial charge in [-0.15, -0.1) is 11.8 Å². The molecule has 2 aliphatic heterocycles. The minimum Gasteiger partial charge on any atom is -0.465 e. The fourth-order valence-electron chi connectivity index (χ4n) is 3.04. The molecule has 2 aliphatic rings. The van der Waals surface area contributed by atoms with E-state index < -0.39 is 5.97 Å². The second kappa shape index (κ2) is 8.57. The molecule has 9 heteroatoms. The van der Waals surface area contributed by atoms with Crippen LogP contribution >= 0.6 is 11.8 Å². The third-order valence-electron chi connectivity index (χ3n) is 4.30. The van der Waals surface area contributed by atoms with Gasteiger partial charge in [-0.05, 0) is 19.8 Å². The molecule has 0 unspecified atom stereocenters. The van der Waals surface area contributed by atoms with E-state index in [9.17, 15) is 14.4 Å². The van der Waals surface area contributed by atoms with Crippen molar-refractivity contribution < 1.29 is 23.9 Å². The lowest BCUT2D eigenvalue weighted by molar-refractivity contribution is -0.141. The first kappa shape index (κ1) is 18.9. The summed E-state index contributed by atoms with van der Waals surface area (Å²) < 4.78 is 9.89. The van der Waals surface area contributed by atoms with Gasteiger partial charge in [-0.25, -0.2) is 4.79 Å². The fourth-order valence-corrected chi connectivity index (χ4v) is 4.40. The van der Waals surface area contributed by atoms with Crippen molar-refractivity contribution in [2.24, 2.45) is 0 Å². The van der Waals surface area contributed by atoms with Crippen LogP contribution in [-0.2, 0) is 19.1 Å². The first-order chi connectivity index (χ1) is 11.5. The Morgan fingerprint density at radius 2 is 2.04 bits per heavy atom. The van der Waals surface area contributed by atoms with Crippen LogP contribution in [0.25, 0.3) is 0 Å². The molecule has 136 valence electrons. The van der Waals surface area contributed by atoms with Crippen LogP contribution < -0.4 is 5.32 Å². The van der Waals surface area contributed by atoms with Crippen LogP contribution in [0.2, 0.25) is 0 Å². The minimum atomic E-state index is -0.443. The minimum absolute atomic E-state index is 0.123. The predicted molar refractivity (Wildman–Crippen MR) is 89.6 cm³/mol. The van der Waals surface area contributed by atoms with Crippen LogP contribution in [0.5, 0.6) is 0 Å². The topological polar surface area (TPSA) is 88.2 Å². The second-order valence-electron chi connectivity index (χ2n) is 5.72. The summed E-state index contributed by atoms with van der Waals surface area (Å²) in [6, 6.07) is -0.268. The molecule has 0 aromatic carbocycles. The molecule has 1 N–H and O–H groups in total. The van der Waals surface area contributed by atoms with Crippen molar-refractivity contribution in [1.29, 1.82) is 0 Å². The number of methoxy groups -OCH3 is 1. The Labute approximate surface area is 146 Å². The third kappa shape index (κ3) is 4.32. The fraction of sp³-hybridized carbons (Fsp3) is 0.800. The molecule has 2 saturated heterocycles. The number of nitrogens with zero attached hydrogens (tertiary/aromatic N) is 2. The molecule has 2 heterocycles. The molecule has 8 nitrogen and oxygen atoms in total. The summed E-state index contributed by atoms with van der Waals surface area (Å²) >= 11 is 1.66. The number of hydrogen-bond donors (Lipinski definition) is 1. The second-order valence-corrected chi connectivity index (χ2v) is 7.06. The van der Waals surface area contributed by atoms with Gasteiger partial charge in [-0.2, -0.15) is 0 Å². The summed E-state index contributed by atoms with van der Waals surface area (Å²) in [4.78, 5) is 38.9. The molecule has 2 rings (SSSR count). The van der Waals surface area contributed by atoms with E-state index in [0.29, 0.717) is 38.6 Å². The number of hydrogen-bond acceptors (Lipinski definition) is 6. The number of amides is 3. The largest absolute Gasteiger partial charge is 0.465 e. The number of likely N-dealkylation sites (tertiary alicyclic amines) is 1. The van der Waals surface area contributed by atoms with Crippen LogP contribution in [0.15, 0.2) is 0 Å². The normalized spacial score (nSPS) is 19.7. The SMILES string of the molecule is CCOC(=O)CNC(=O)N1CCC2(CC1)SCC(=O)N2CCOC. The van der Waals surface area contributed by atoms with Crippen molar-refractivity contribution in [1.82, 2.24) is 15.1 Å². The Morgan fingerprint density at radius 3 is 2.67 bits per heavy atom. The number of urea groups is 1. The first-order valence-corrected chi connectivity index (χ1v) is 9.12. The summed E-state index contributed by atoms with van der Waals surface area (Å²) in [6.45, 7) is 4.09. The van der Waals surface area contributed by atoms with E-state index >= 15 is 0 Å². The lowest BCUT2D eigenvalue weighted by Crippen LogP contribution is -2.55. The van der Waals surface area contributed by atoms with Gasteiger partial charge in [0.15, 0.2) is 0 Å². The molecule has 0 aromatic heterocycles. The Morgan fingerprint density at radius 1 is 1.33 bits per heavy atom. The maximum Gasteiger partial charge on any atom is 0.325 e. The van der Waals surface area contributed by atoms with E-state index in [4.69, 9.17) is 9.47 Å². The molecular weight excluding hydrogens is 334 g/mol. The Bertz CT molecular complexity index is 480. The van der Waals surface area contributed by atoms with Crippen LogP contribution in [0.1, 0.15) is 19.8 Å². The van der Waals surface area contributed by atoms with Crippen molar-refractivity contribution in [3.8, 4) is 0 Å². The van der Waals surface area contributed by atoms with Crippen molar-refractivity contribution in [3.05, 3.63) is 0 Å². The summed E-state index contributed by atoms with van der Waals surface area (Å²) in [5.74, 6) is 0.179. The van der Waals surface area contributed by atoms with Gasteiger partial charge in [0.2, 0.25) is 5.91 Å². The average Bonchev–Trinajstić information content (AvgIpc) is 2.87. The van der Waals surface area contributed by atoms with Gasteiger partial charge in [-0.3, -0.25) is 9.59 Å². The molecule has 0 bridgehead atoms. The molecule has 0 saturated carbocycles. The predicted octanol–water partition coefficient (Wildman–Crippen LogP) is 0.273. The van der Waals surface area contributed by atoms with Gasteiger partial charge < -0.3 is 24.6 Å². The van der Waals surface area contributed by atoms with E-state index in [0.717, 1.165) is 12.8 Å². The monoisotopic (exact) mass is 359 g/mol. The summed E-state index contributed by atoms with van der Waals surface area (Å²) in [6.07, 6.45) is 1.44. The lowest BCUT2D eigenvalue weighted by Gasteiger charge is -2.43. The number of nitrogens with one attached hydrogen (secondary N) is 1. The summed E-state index contributed by atoms with van der Waals surface area (Å²) in [5, 5.41) is 2.58. The number of esters is 1. The first-order valence-electron chi connectivity index (χ1n) is 8.14. The van der Waals surface area contributed by atoms with Crippen molar-refractivity contribution in [2.45, 2.75) is 24.6 Å². The van der Waals surface area contributed by atoms with Crippen LogP contribution in [0.4, 0.5) is 4.79 Å². The zero-order chi connectivity index (χ0) is 17.6. The average molecular weight is 359 g/mol. The van der Waals surface area contributed by atoms with Gasteiger partial charge in [0, 0.05) is 26.7 Å². The maximum absolute atomic E-state index is 12.1. The lowest BCUT2D eigenvalue weighted by atomic mass is 10.0. The molecule has 0 aromatic rings. The van der Waals surface area contributed by atoms with Gasteiger partial charge in [0.05, 0.1) is 23.8 Å². The Balaban J connectivity index is 1.84. The zero-order valence-electron chi connectivity index (χ0n) is 14.2. The van der Waals surface area contributed by atoms with E-state index in [1.165, 1.54) is 0 Å².